The number of thioether (sulfide) groups is 1. The number of aryl methyl sites for hydroxylation is 1. The minimum absolute atomic E-state index is 0.253. The normalized spacial score (nSPS) is 15.6. The van der Waals surface area contributed by atoms with E-state index < -0.39 is 0 Å². The number of carbonyl (C=O) groups is 2. The Balaban J connectivity index is 1.71. The number of hydrogen-bond donors (Lipinski definition) is 0. The molecule has 3 aromatic carbocycles. The van der Waals surface area contributed by atoms with Crippen molar-refractivity contribution in [3.05, 3.63) is 82.3 Å². The molecule has 0 N–H and O–H groups in total. The molecule has 4 nitrogen and oxygen atoms in total. The lowest BCUT2D eigenvalue weighted by Crippen LogP contribution is -2.27. The van der Waals surface area contributed by atoms with Crippen LogP contribution in [0.4, 0.5) is 4.79 Å². The molecule has 5 heteroatoms. The van der Waals surface area contributed by atoms with E-state index in [1.807, 2.05) is 67.6 Å². The number of amides is 2. The van der Waals surface area contributed by atoms with Crippen LogP contribution in [-0.2, 0) is 11.3 Å². The minimum atomic E-state index is -0.272. The smallest absolute Gasteiger partial charge is 0.293 e. The van der Waals surface area contributed by atoms with Crippen molar-refractivity contribution in [2.45, 2.75) is 13.5 Å². The highest BCUT2D eigenvalue weighted by Crippen LogP contribution is 2.37. The van der Waals surface area contributed by atoms with Crippen LogP contribution in [0, 0.1) is 6.92 Å². The summed E-state index contributed by atoms with van der Waals surface area (Å²) in [7, 11) is 1.60. The zero-order valence-corrected chi connectivity index (χ0v) is 16.5. The van der Waals surface area contributed by atoms with E-state index in [4.69, 9.17) is 4.74 Å². The van der Waals surface area contributed by atoms with Crippen LogP contribution in [0.5, 0.6) is 5.75 Å². The van der Waals surface area contributed by atoms with Crippen molar-refractivity contribution in [2.24, 2.45) is 0 Å². The summed E-state index contributed by atoms with van der Waals surface area (Å²) in [5.74, 6) is 0.399. The predicted molar refractivity (Wildman–Crippen MR) is 113 cm³/mol. The van der Waals surface area contributed by atoms with Crippen LogP contribution in [0.3, 0.4) is 0 Å². The first kappa shape index (κ1) is 18.3. The molecule has 3 aromatic rings. The van der Waals surface area contributed by atoms with Gasteiger partial charge < -0.3 is 4.74 Å². The topological polar surface area (TPSA) is 46.6 Å². The third kappa shape index (κ3) is 3.41. The van der Waals surface area contributed by atoms with Crippen molar-refractivity contribution < 1.29 is 14.3 Å². The first-order chi connectivity index (χ1) is 13.6. The molecular weight excluding hydrogens is 370 g/mol. The van der Waals surface area contributed by atoms with Crippen molar-refractivity contribution in [1.29, 1.82) is 0 Å². The van der Waals surface area contributed by atoms with Crippen molar-refractivity contribution in [1.82, 2.24) is 4.90 Å². The summed E-state index contributed by atoms with van der Waals surface area (Å²) in [6.07, 6.45) is 1.77. The quantitative estimate of drug-likeness (QED) is 0.561. The Kier molecular flexibility index (Phi) is 4.92. The van der Waals surface area contributed by atoms with E-state index in [9.17, 15) is 9.59 Å². The average molecular weight is 389 g/mol. The second-order valence-electron chi connectivity index (χ2n) is 6.66. The van der Waals surface area contributed by atoms with Crippen molar-refractivity contribution in [3.63, 3.8) is 0 Å². The molecular formula is C23H19NO3S. The van der Waals surface area contributed by atoms with Gasteiger partial charge in [0.05, 0.1) is 18.6 Å². The molecule has 140 valence electrons. The summed E-state index contributed by atoms with van der Waals surface area (Å²) in [5.41, 5.74) is 2.84. The third-order valence-electron chi connectivity index (χ3n) is 4.72. The number of methoxy groups -OCH3 is 1. The molecule has 28 heavy (non-hydrogen) atoms. The molecule has 0 bridgehead atoms. The lowest BCUT2D eigenvalue weighted by Gasteiger charge is -2.13. The Morgan fingerprint density at radius 2 is 1.86 bits per heavy atom. The molecule has 0 atom stereocenters. The number of imide groups is 1. The van der Waals surface area contributed by atoms with Gasteiger partial charge in [-0.15, -0.1) is 0 Å². The van der Waals surface area contributed by atoms with Crippen LogP contribution >= 0.6 is 11.8 Å². The zero-order chi connectivity index (χ0) is 19.7. The van der Waals surface area contributed by atoms with E-state index >= 15 is 0 Å². The highest BCUT2D eigenvalue weighted by Gasteiger charge is 2.35. The fourth-order valence-corrected chi connectivity index (χ4v) is 4.18. The summed E-state index contributed by atoms with van der Waals surface area (Å²) in [6, 6.07) is 19.6. The summed E-state index contributed by atoms with van der Waals surface area (Å²) in [6.45, 7) is 2.26. The number of carbonyl (C=O) groups excluding carboxylic acids is 2. The molecule has 4 rings (SSSR count). The number of hydrogen-bond acceptors (Lipinski definition) is 4. The fraction of sp³-hybridized carbons (Fsp3) is 0.130. The SMILES string of the molecule is COc1ccc2ccccc2c1/C=C1\SC(=O)N(Cc2cccc(C)c2)C1=O. The standard InChI is InChI=1S/C23H19NO3S/c1-15-6-5-7-16(12-15)14-24-22(25)21(28-23(24)26)13-19-18-9-4-3-8-17(18)10-11-20(19)27-2/h3-13H,14H2,1-2H3/b21-13-. The lowest BCUT2D eigenvalue weighted by molar-refractivity contribution is -0.123. The van der Waals surface area contributed by atoms with Gasteiger partial charge in [-0.25, -0.2) is 0 Å². The van der Waals surface area contributed by atoms with Gasteiger partial charge in [0.25, 0.3) is 11.1 Å². The van der Waals surface area contributed by atoms with E-state index in [0.29, 0.717) is 10.7 Å². The maximum atomic E-state index is 12.9. The Hall–Kier alpha value is -3.05. The van der Waals surface area contributed by atoms with Crippen LogP contribution in [0.15, 0.2) is 65.6 Å². The molecule has 0 aromatic heterocycles. The summed E-state index contributed by atoms with van der Waals surface area (Å²) < 4.78 is 5.50. The largest absolute Gasteiger partial charge is 0.496 e. The first-order valence-electron chi connectivity index (χ1n) is 8.93. The molecule has 0 unspecified atom stereocenters. The van der Waals surface area contributed by atoms with Crippen LogP contribution in [-0.4, -0.2) is 23.2 Å². The summed E-state index contributed by atoms with van der Waals surface area (Å²) in [5, 5.41) is 1.78. The Labute approximate surface area is 167 Å². The summed E-state index contributed by atoms with van der Waals surface area (Å²) in [4.78, 5) is 27.1. The maximum Gasteiger partial charge on any atom is 0.293 e. The van der Waals surface area contributed by atoms with Gasteiger partial charge in [-0.3, -0.25) is 14.5 Å². The number of rotatable bonds is 4. The minimum Gasteiger partial charge on any atom is -0.496 e. The van der Waals surface area contributed by atoms with Crippen molar-refractivity contribution in [2.75, 3.05) is 7.11 Å². The van der Waals surface area contributed by atoms with Crippen LogP contribution < -0.4 is 4.74 Å². The van der Waals surface area contributed by atoms with E-state index in [1.54, 1.807) is 13.2 Å². The van der Waals surface area contributed by atoms with Gasteiger partial charge >= 0.3 is 0 Å². The second-order valence-corrected chi connectivity index (χ2v) is 7.65. The molecule has 1 heterocycles. The molecule has 0 aliphatic carbocycles. The highest BCUT2D eigenvalue weighted by molar-refractivity contribution is 8.18. The van der Waals surface area contributed by atoms with E-state index in [1.165, 1.54) is 4.90 Å². The molecule has 0 saturated carbocycles. The van der Waals surface area contributed by atoms with Gasteiger partial charge in [0, 0.05) is 5.56 Å². The number of nitrogens with zero attached hydrogens (tertiary/aromatic N) is 1. The van der Waals surface area contributed by atoms with Gasteiger partial charge in [-0.1, -0.05) is 60.2 Å². The molecule has 1 saturated heterocycles. The Morgan fingerprint density at radius 1 is 1.04 bits per heavy atom. The second kappa shape index (κ2) is 7.52. The predicted octanol–water partition coefficient (Wildman–Crippen LogP) is 5.39. The number of benzene rings is 3. The molecule has 2 amide bonds. The van der Waals surface area contributed by atoms with Crippen molar-refractivity contribution in [3.8, 4) is 5.75 Å². The molecule has 1 fully saturated rings. The molecule has 1 aliphatic heterocycles. The fourth-order valence-electron chi connectivity index (χ4n) is 3.36. The summed E-state index contributed by atoms with van der Waals surface area (Å²) >= 11 is 0.971. The Bertz CT molecular complexity index is 1120. The van der Waals surface area contributed by atoms with Gasteiger partial charge in [-0.05, 0) is 47.2 Å². The van der Waals surface area contributed by atoms with Gasteiger partial charge in [0.15, 0.2) is 0 Å². The maximum absolute atomic E-state index is 12.9. The molecule has 0 radical (unpaired) electrons. The van der Waals surface area contributed by atoms with Gasteiger partial charge in [0.2, 0.25) is 0 Å². The number of ether oxygens (including phenoxy) is 1. The average Bonchev–Trinajstić information content (AvgIpc) is 2.96. The zero-order valence-electron chi connectivity index (χ0n) is 15.6. The van der Waals surface area contributed by atoms with E-state index in [2.05, 4.69) is 0 Å². The van der Waals surface area contributed by atoms with Gasteiger partial charge in [0.1, 0.15) is 5.75 Å². The Morgan fingerprint density at radius 3 is 2.64 bits per heavy atom. The van der Waals surface area contributed by atoms with Crippen LogP contribution in [0.1, 0.15) is 16.7 Å². The molecule has 0 spiro atoms. The first-order valence-corrected chi connectivity index (χ1v) is 9.75. The van der Waals surface area contributed by atoms with Gasteiger partial charge in [-0.2, -0.15) is 0 Å². The van der Waals surface area contributed by atoms with Crippen LogP contribution in [0.25, 0.3) is 16.8 Å². The highest BCUT2D eigenvalue weighted by atomic mass is 32.2. The number of fused-ring (bicyclic) bond motifs is 1. The van der Waals surface area contributed by atoms with E-state index in [-0.39, 0.29) is 17.7 Å². The van der Waals surface area contributed by atoms with Crippen LogP contribution in [0.2, 0.25) is 0 Å². The monoisotopic (exact) mass is 389 g/mol. The lowest BCUT2D eigenvalue weighted by atomic mass is 10.0. The van der Waals surface area contributed by atoms with E-state index in [0.717, 1.165) is 39.2 Å². The van der Waals surface area contributed by atoms with Crippen molar-refractivity contribution >= 4 is 39.8 Å². The molecule has 1 aliphatic rings. The third-order valence-corrected chi connectivity index (χ3v) is 5.63.